The predicted octanol–water partition coefficient (Wildman–Crippen LogP) is 3.63. The van der Waals surface area contributed by atoms with Crippen LogP contribution in [0.3, 0.4) is 0 Å². The molecule has 2 aromatic carbocycles. The van der Waals surface area contributed by atoms with Crippen molar-refractivity contribution >= 4 is 17.6 Å². The number of rotatable bonds is 4. The number of benzene rings is 2. The SMILES string of the molecule is CC(NC(=O)NCc1cccc(Cl)c1)c1ccc2c(c1)OCO2. The Morgan fingerprint density at radius 1 is 1.22 bits per heavy atom. The Labute approximate surface area is 139 Å². The van der Waals surface area contributed by atoms with Crippen LogP contribution < -0.4 is 20.1 Å². The lowest BCUT2D eigenvalue weighted by Crippen LogP contribution is -2.36. The number of hydrogen-bond donors (Lipinski definition) is 2. The van der Waals surface area contributed by atoms with Crippen LogP contribution in [-0.2, 0) is 6.54 Å². The first-order chi connectivity index (χ1) is 11.1. The van der Waals surface area contributed by atoms with Crippen molar-refractivity contribution in [2.45, 2.75) is 19.5 Å². The van der Waals surface area contributed by atoms with Crippen LogP contribution in [0, 0.1) is 0 Å². The summed E-state index contributed by atoms with van der Waals surface area (Å²) in [5.41, 5.74) is 1.90. The molecule has 0 radical (unpaired) electrons. The van der Waals surface area contributed by atoms with Crippen LogP contribution in [-0.4, -0.2) is 12.8 Å². The fraction of sp³-hybridized carbons (Fsp3) is 0.235. The maximum atomic E-state index is 12.0. The third-order valence-corrected chi connectivity index (χ3v) is 3.82. The molecule has 0 saturated heterocycles. The van der Waals surface area contributed by atoms with Gasteiger partial charge in [0.2, 0.25) is 6.79 Å². The van der Waals surface area contributed by atoms with Crippen molar-refractivity contribution in [2.75, 3.05) is 6.79 Å². The van der Waals surface area contributed by atoms with E-state index in [2.05, 4.69) is 10.6 Å². The van der Waals surface area contributed by atoms with Gasteiger partial charge in [0.1, 0.15) is 0 Å². The second kappa shape index (κ2) is 6.79. The maximum Gasteiger partial charge on any atom is 0.315 e. The van der Waals surface area contributed by atoms with E-state index in [1.54, 1.807) is 6.07 Å². The third-order valence-electron chi connectivity index (χ3n) is 3.59. The highest BCUT2D eigenvalue weighted by molar-refractivity contribution is 6.30. The van der Waals surface area contributed by atoms with E-state index < -0.39 is 0 Å². The van der Waals surface area contributed by atoms with Crippen LogP contribution in [0.1, 0.15) is 24.1 Å². The molecule has 1 aliphatic heterocycles. The van der Waals surface area contributed by atoms with Gasteiger partial charge in [-0.3, -0.25) is 0 Å². The number of carbonyl (C=O) groups excluding carboxylic acids is 1. The molecular formula is C17H17ClN2O3. The van der Waals surface area contributed by atoms with Crippen LogP contribution >= 0.6 is 11.6 Å². The molecule has 5 nitrogen and oxygen atoms in total. The number of fused-ring (bicyclic) bond motifs is 1. The van der Waals surface area contributed by atoms with Gasteiger partial charge in [0.05, 0.1) is 6.04 Å². The second-order valence-electron chi connectivity index (χ2n) is 5.29. The molecule has 0 aromatic heterocycles. The molecule has 120 valence electrons. The van der Waals surface area contributed by atoms with E-state index in [4.69, 9.17) is 21.1 Å². The largest absolute Gasteiger partial charge is 0.454 e. The summed E-state index contributed by atoms with van der Waals surface area (Å²) in [4.78, 5) is 12.0. The minimum Gasteiger partial charge on any atom is -0.454 e. The smallest absolute Gasteiger partial charge is 0.315 e. The van der Waals surface area contributed by atoms with Gasteiger partial charge in [-0.25, -0.2) is 4.79 Å². The fourth-order valence-corrected chi connectivity index (χ4v) is 2.56. The van der Waals surface area contributed by atoms with Gasteiger partial charge in [0.15, 0.2) is 11.5 Å². The van der Waals surface area contributed by atoms with Crippen LogP contribution in [0.4, 0.5) is 4.79 Å². The van der Waals surface area contributed by atoms with Crippen LogP contribution in [0.5, 0.6) is 11.5 Å². The summed E-state index contributed by atoms with van der Waals surface area (Å²) in [5.74, 6) is 1.43. The molecule has 1 aliphatic rings. The first-order valence-electron chi connectivity index (χ1n) is 7.30. The van der Waals surface area contributed by atoms with Crippen molar-refractivity contribution in [3.05, 3.63) is 58.6 Å². The highest BCUT2D eigenvalue weighted by atomic mass is 35.5. The van der Waals surface area contributed by atoms with Gasteiger partial charge in [0.25, 0.3) is 0 Å². The molecule has 1 atom stereocenters. The fourth-order valence-electron chi connectivity index (χ4n) is 2.34. The first-order valence-corrected chi connectivity index (χ1v) is 7.68. The summed E-state index contributed by atoms with van der Waals surface area (Å²) in [5, 5.41) is 6.36. The van der Waals surface area contributed by atoms with E-state index in [1.807, 2.05) is 43.3 Å². The topological polar surface area (TPSA) is 59.6 Å². The van der Waals surface area contributed by atoms with E-state index in [0.717, 1.165) is 16.9 Å². The van der Waals surface area contributed by atoms with Gasteiger partial charge >= 0.3 is 6.03 Å². The van der Waals surface area contributed by atoms with E-state index in [-0.39, 0.29) is 18.9 Å². The Hall–Kier alpha value is -2.40. The third kappa shape index (κ3) is 3.87. The van der Waals surface area contributed by atoms with Crippen molar-refractivity contribution in [2.24, 2.45) is 0 Å². The Morgan fingerprint density at radius 3 is 2.87 bits per heavy atom. The Morgan fingerprint density at radius 2 is 2.04 bits per heavy atom. The van der Waals surface area contributed by atoms with Gasteiger partial charge in [-0.15, -0.1) is 0 Å². The predicted molar refractivity (Wildman–Crippen MR) is 87.8 cm³/mol. The van der Waals surface area contributed by atoms with E-state index in [1.165, 1.54) is 0 Å². The summed E-state index contributed by atoms with van der Waals surface area (Å²) in [7, 11) is 0. The zero-order valence-electron chi connectivity index (χ0n) is 12.6. The van der Waals surface area contributed by atoms with Crippen molar-refractivity contribution in [3.8, 4) is 11.5 Å². The van der Waals surface area contributed by atoms with Crippen molar-refractivity contribution in [3.63, 3.8) is 0 Å². The summed E-state index contributed by atoms with van der Waals surface area (Å²) in [6.45, 7) is 2.57. The molecule has 2 N–H and O–H groups in total. The van der Waals surface area contributed by atoms with Gasteiger partial charge in [-0.1, -0.05) is 29.8 Å². The molecule has 3 rings (SSSR count). The number of carbonyl (C=O) groups is 1. The van der Waals surface area contributed by atoms with Crippen molar-refractivity contribution < 1.29 is 14.3 Å². The summed E-state index contributed by atoms with van der Waals surface area (Å²) in [6, 6.07) is 12.6. The highest BCUT2D eigenvalue weighted by Crippen LogP contribution is 2.34. The lowest BCUT2D eigenvalue weighted by Gasteiger charge is -2.15. The summed E-state index contributed by atoms with van der Waals surface area (Å²) < 4.78 is 10.6. The Bertz CT molecular complexity index is 721. The molecule has 2 amide bonds. The van der Waals surface area contributed by atoms with Gasteiger partial charge < -0.3 is 20.1 Å². The number of ether oxygens (including phenoxy) is 2. The number of halogens is 1. The molecule has 0 spiro atoms. The van der Waals surface area contributed by atoms with Crippen LogP contribution in [0.25, 0.3) is 0 Å². The standard InChI is InChI=1S/C17H17ClN2O3/c1-11(13-5-6-15-16(8-13)23-10-22-15)20-17(21)19-9-12-3-2-4-14(18)7-12/h2-8,11H,9-10H2,1H3,(H2,19,20,21). The number of hydrogen-bond acceptors (Lipinski definition) is 3. The van der Waals surface area contributed by atoms with E-state index in [9.17, 15) is 4.79 Å². The number of amides is 2. The summed E-state index contributed by atoms with van der Waals surface area (Å²) in [6.07, 6.45) is 0. The van der Waals surface area contributed by atoms with Gasteiger partial charge in [-0.05, 0) is 42.3 Å². The molecule has 1 heterocycles. The molecule has 2 aromatic rings. The zero-order chi connectivity index (χ0) is 16.2. The van der Waals surface area contributed by atoms with Crippen molar-refractivity contribution in [1.82, 2.24) is 10.6 Å². The molecule has 0 aliphatic carbocycles. The maximum absolute atomic E-state index is 12.0. The first kappa shape index (κ1) is 15.5. The number of nitrogens with one attached hydrogen (secondary N) is 2. The lowest BCUT2D eigenvalue weighted by molar-refractivity contribution is 0.174. The molecular weight excluding hydrogens is 316 g/mol. The normalized spacial score (nSPS) is 13.5. The summed E-state index contributed by atoms with van der Waals surface area (Å²) >= 11 is 5.92. The molecule has 0 saturated carbocycles. The van der Waals surface area contributed by atoms with E-state index >= 15 is 0 Å². The molecule has 1 unspecified atom stereocenters. The van der Waals surface area contributed by atoms with Gasteiger partial charge in [0, 0.05) is 11.6 Å². The quantitative estimate of drug-likeness (QED) is 0.898. The number of urea groups is 1. The second-order valence-corrected chi connectivity index (χ2v) is 5.73. The molecule has 23 heavy (non-hydrogen) atoms. The molecule has 0 bridgehead atoms. The average Bonchev–Trinajstić information content (AvgIpc) is 3.00. The Kier molecular flexibility index (Phi) is 4.57. The van der Waals surface area contributed by atoms with Gasteiger partial charge in [-0.2, -0.15) is 0 Å². The zero-order valence-corrected chi connectivity index (χ0v) is 13.4. The van der Waals surface area contributed by atoms with Crippen LogP contribution in [0.2, 0.25) is 5.02 Å². The monoisotopic (exact) mass is 332 g/mol. The lowest BCUT2D eigenvalue weighted by atomic mass is 10.1. The molecule has 6 heteroatoms. The minimum atomic E-state index is -0.241. The molecule has 0 fully saturated rings. The Balaban J connectivity index is 1.55. The highest BCUT2D eigenvalue weighted by Gasteiger charge is 2.16. The minimum absolute atomic E-state index is 0.149. The van der Waals surface area contributed by atoms with Crippen molar-refractivity contribution in [1.29, 1.82) is 0 Å². The van der Waals surface area contributed by atoms with E-state index in [0.29, 0.717) is 17.3 Å². The average molecular weight is 333 g/mol. The van der Waals surface area contributed by atoms with Crippen LogP contribution in [0.15, 0.2) is 42.5 Å².